The van der Waals surface area contributed by atoms with E-state index in [1.807, 2.05) is 18.2 Å². The van der Waals surface area contributed by atoms with Gasteiger partial charge in [-0.25, -0.2) is 0 Å². The van der Waals surface area contributed by atoms with Crippen LogP contribution in [0.3, 0.4) is 0 Å². The average Bonchev–Trinajstić information content (AvgIpc) is 1.88. The average molecular weight is 154 g/mol. The van der Waals surface area contributed by atoms with Crippen LogP contribution >= 0.6 is 11.6 Å². The molecule has 0 saturated heterocycles. The molecule has 1 nitrogen and oxygen atoms in total. The fourth-order valence-corrected chi connectivity index (χ4v) is 1.18. The smallest absolute Gasteiger partial charge is 0.0669 e. The van der Waals surface area contributed by atoms with E-state index in [-0.39, 0.29) is 5.38 Å². The van der Waals surface area contributed by atoms with E-state index in [2.05, 4.69) is 6.07 Å². The van der Waals surface area contributed by atoms with Gasteiger partial charge in [0.25, 0.3) is 0 Å². The Hall–Kier alpha value is -0.740. The van der Waals surface area contributed by atoms with Gasteiger partial charge in [-0.05, 0) is 12.0 Å². The van der Waals surface area contributed by atoms with Crippen LogP contribution in [0.2, 0.25) is 0 Å². The second kappa shape index (κ2) is 3.43. The van der Waals surface area contributed by atoms with Gasteiger partial charge in [-0.2, -0.15) is 5.26 Å². The van der Waals surface area contributed by atoms with Crippen molar-refractivity contribution in [3.63, 3.8) is 0 Å². The Bertz CT molecular complexity index is 210. The summed E-state index contributed by atoms with van der Waals surface area (Å²) >= 11 is 5.81. The molecule has 0 amide bonds. The number of alkyl halides is 1. The fourth-order valence-electron chi connectivity index (χ4n) is 0.914. The third-order valence-electron chi connectivity index (χ3n) is 1.37. The normalized spacial score (nSPS) is 23.6. The molecule has 0 fully saturated rings. The summed E-state index contributed by atoms with van der Waals surface area (Å²) in [4.78, 5) is 0. The number of rotatable bonds is 1. The second-order valence-electron chi connectivity index (χ2n) is 2.23. The molecule has 0 bridgehead atoms. The lowest BCUT2D eigenvalue weighted by Crippen LogP contribution is -1.97. The molecule has 1 unspecified atom stereocenters. The van der Waals surface area contributed by atoms with E-state index in [0.717, 1.165) is 12.0 Å². The number of nitriles is 1. The van der Waals surface area contributed by atoms with Crippen molar-refractivity contribution in [2.45, 2.75) is 18.2 Å². The van der Waals surface area contributed by atoms with Crippen molar-refractivity contribution in [2.24, 2.45) is 0 Å². The topological polar surface area (TPSA) is 23.8 Å². The molecule has 0 heterocycles. The predicted molar refractivity (Wildman–Crippen MR) is 41.7 cm³/mol. The van der Waals surface area contributed by atoms with Crippen LogP contribution < -0.4 is 0 Å². The van der Waals surface area contributed by atoms with Crippen LogP contribution in [0.5, 0.6) is 0 Å². The molecule has 0 radical (unpaired) electrons. The van der Waals surface area contributed by atoms with E-state index >= 15 is 0 Å². The van der Waals surface area contributed by atoms with Crippen molar-refractivity contribution in [3.8, 4) is 6.07 Å². The molecule has 0 aromatic rings. The van der Waals surface area contributed by atoms with E-state index in [9.17, 15) is 0 Å². The van der Waals surface area contributed by atoms with Gasteiger partial charge in [-0.15, -0.1) is 11.6 Å². The zero-order chi connectivity index (χ0) is 7.40. The molecule has 1 rings (SSSR count). The highest BCUT2D eigenvalue weighted by Crippen LogP contribution is 2.16. The van der Waals surface area contributed by atoms with Gasteiger partial charge in [0.15, 0.2) is 0 Å². The summed E-state index contributed by atoms with van der Waals surface area (Å²) in [6.07, 6.45) is 7.26. The molecule has 10 heavy (non-hydrogen) atoms. The third-order valence-corrected chi connectivity index (χ3v) is 1.68. The summed E-state index contributed by atoms with van der Waals surface area (Å²) < 4.78 is 0. The Labute approximate surface area is 65.6 Å². The standard InChI is InChI=1S/C8H8ClN/c9-8-3-1-2-7(6-8)4-5-10/h1-2,6,8H,3-4H2. The molecule has 0 spiro atoms. The molecule has 0 aromatic heterocycles. The van der Waals surface area contributed by atoms with Crippen molar-refractivity contribution in [1.29, 1.82) is 5.26 Å². The van der Waals surface area contributed by atoms with E-state index in [4.69, 9.17) is 16.9 Å². The first kappa shape index (κ1) is 7.37. The summed E-state index contributed by atoms with van der Waals surface area (Å²) in [7, 11) is 0. The Morgan fingerprint density at radius 1 is 1.80 bits per heavy atom. The first-order valence-corrected chi connectivity index (χ1v) is 3.65. The van der Waals surface area contributed by atoms with Crippen LogP contribution in [0.15, 0.2) is 23.8 Å². The highest BCUT2D eigenvalue weighted by molar-refractivity contribution is 6.22. The lowest BCUT2D eigenvalue weighted by Gasteiger charge is -2.06. The number of halogens is 1. The first-order chi connectivity index (χ1) is 4.83. The van der Waals surface area contributed by atoms with Crippen LogP contribution in [0, 0.1) is 11.3 Å². The Morgan fingerprint density at radius 2 is 2.60 bits per heavy atom. The van der Waals surface area contributed by atoms with E-state index in [0.29, 0.717) is 6.42 Å². The third kappa shape index (κ3) is 1.89. The van der Waals surface area contributed by atoms with Crippen LogP contribution in [-0.2, 0) is 0 Å². The van der Waals surface area contributed by atoms with Crippen molar-refractivity contribution in [2.75, 3.05) is 0 Å². The molecular weight excluding hydrogens is 146 g/mol. The van der Waals surface area contributed by atoms with Crippen molar-refractivity contribution in [3.05, 3.63) is 23.8 Å². The Balaban J connectivity index is 2.59. The summed E-state index contributed by atoms with van der Waals surface area (Å²) in [5, 5.41) is 8.43. The van der Waals surface area contributed by atoms with E-state index in [1.54, 1.807) is 0 Å². The molecule has 0 saturated carbocycles. The molecule has 0 aromatic carbocycles. The number of nitrogens with zero attached hydrogens (tertiary/aromatic N) is 1. The maximum Gasteiger partial charge on any atom is 0.0669 e. The maximum atomic E-state index is 8.34. The largest absolute Gasteiger partial charge is 0.198 e. The summed E-state index contributed by atoms with van der Waals surface area (Å²) in [5.41, 5.74) is 1.04. The lowest BCUT2D eigenvalue weighted by molar-refractivity contribution is 1.01. The zero-order valence-electron chi connectivity index (χ0n) is 5.55. The molecule has 2 heteroatoms. The molecule has 0 N–H and O–H groups in total. The zero-order valence-corrected chi connectivity index (χ0v) is 6.30. The Morgan fingerprint density at radius 3 is 3.20 bits per heavy atom. The van der Waals surface area contributed by atoms with Crippen LogP contribution in [0.25, 0.3) is 0 Å². The van der Waals surface area contributed by atoms with Crippen molar-refractivity contribution < 1.29 is 0 Å². The minimum absolute atomic E-state index is 0.0911. The van der Waals surface area contributed by atoms with Gasteiger partial charge >= 0.3 is 0 Å². The second-order valence-corrected chi connectivity index (χ2v) is 2.79. The van der Waals surface area contributed by atoms with Crippen LogP contribution in [-0.4, -0.2) is 5.38 Å². The van der Waals surface area contributed by atoms with E-state index in [1.165, 1.54) is 0 Å². The lowest BCUT2D eigenvalue weighted by atomic mass is 10.1. The Kier molecular flexibility index (Phi) is 2.53. The van der Waals surface area contributed by atoms with Crippen LogP contribution in [0.1, 0.15) is 12.8 Å². The quantitative estimate of drug-likeness (QED) is 0.531. The monoisotopic (exact) mass is 153 g/mol. The number of hydrogen-bond acceptors (Lipinski definition) is 1. The van der Waals surface area contributed by atoms with Crippen molar-refractivity contribution >= 4 is 11.6 Å². The minimum Gasteiger partial charge on any atom is -0.198 e. The predicted octanol–water partition coefficient (Wildman–Crippen LogP) is 2.39. The highest BCUT2D eigenvalue weighted by atomic mass is 35.5. The highest BCUT2D eigenvalue weighted by Gasteiger charge is 2.04. The van der Waals surface area contributed by atoms with Gasteiger partial charge in [0.05, 0.1) is 17.9 Å². The molecule has 0 aliphatic heterocycles. The van der Waals surface area contributed by atoms with Gasteiger partial charge in [0, 0.05) is 0 Å². The first-order valence-electron chi connectivity index (χ1n) is 3.21. The summed E-state index contributed by atoms with van der Waals surface area (Å²) in [5.74, 6) is 0. The SMILES string of the molecule is N#CCC1=CC(Cl)CC=C1. The summed E-state index contributed by atoms with van der Waals surface area (Å²) in [6, 6.07) is 2.08. The molecule has 1 atom stereocenters. The number of allylic oxidation sites excluding steroid dienone is 4. The van der Waals surface area contributed by atoms with Gasteiger partial charge in [-0.3, -0.25) is 0 Å². The molecule has 52 valence electrons. The minimum atomic E-state index is 0.0911. The van der Waals surface area contributed by atoms with Gasteiger partial charge in [0.1, 0.15) is 0 Å². The van der Waals surface area contributed by atoms with Crippen LogP contribution in [0.4, 0.5) is 0 Å². The fraction of sp³-hybridized carbons (Fsp3) is 0.375. The molecule has 1 aliphatic rings. The van der Waals surface area contributed by atoms with E-state index < -0.39 is 0 Å². The summed E-state index contributed by atoms with van der Waals surface area (Å²) in [6.45, 7) is 0. The maximum absolute atomic E-state index is 8.34. The van der Waals surface area contributed by atoms with Crippen molar-refractivity contribution in [1.82, 2.24) is 0 Å². The van der Waals surface area contributed by atoms with Gasteiger partial charge in [-0.1, -0.05) is 18.2 Å². The number of hydrogen-bond donors (Lipinski definition) is 0. The van der Waals surface area contributed by atoms with Gasteiger partial charge < -0.3 is 0 Å². The molecule has 1 aliphatic carbocycles. The molecular formula is C8H8ClN. The van der Waals surface area contributed by atoms with Gasteiger partial charge in [0.2, 0.25) is 0 Å².